The van der Waals surface area contributed by atoms with E-state index >= 15 is 0 Å². The Hall–Kier alpha value is -4.33. The second-order valence-corrected chi connectivity index (χ2v) is 9.10. The highest BCUT2D eigenvalue weighted by atomic mass is 16.6. The molecule has 0 saturated heterocycles. The van der Waals surface area contributed by atoms with E-state index in [-0.39, 0.29) is 17.9 Å². The number of hydrogen-bond acceptors (Lipinski definition) is 6. The molecule has 0 spiro atoms. The zero-order valence-corrected chi connectivity index (χ0v) is 22.4. The van der Waals surface area contributed by atoms with Gasteiger partial charge in [-0.05, 0) is 60.5 Å². The van der Waals surface area contributed by atoms with Crippen LogP contribution in [0.5, 0.6) is 17.2 Å². The number of unbranched alkanes of at least 4 members (excludes halogenated alkanes) is 4. The van der Waals surface area contributed by atoms with Gasteiger partial charge in [0.2, 0.25) is 0 Å². The minimum atomic E-state index is -1.17. The number of carboxylic acid groups (broad SMARTS) is 1. The van der Waals surface area contributed by atoms with Gasteiger partial charge in [-0.25, -0.2) is 9.59 Å². The summed E-state index contributed by atoms with van der Waals surface area (Å²) in [6.45, 7) is 2.82. The highest BCUT2D eigenvalue weighted by molar-refractivity contribution is 5.96. The second kappa shape index (κ2) is 15.2. The molecule has 0 aliphatic carbocycles. The van der Waals surface area contributed by atoms with E-state index in [1.54, 1.807) is 72.8 Å². The number of amides is 1. The van der Waals surface area contributed by atoms with Gasteiger partial charge in [-0.3, -0.25) is 4.79 Å². The van der Waals surface area contributed by atoms with Crippen LogP contribution in [0.4, 0.5) is 0 Å². The molecular weight excluding hydrogens is 498 g/mol. The fraction of sp³-hybridized carbons (Fsp3) is 0.323. The average molecular weight is 534 g/mol. The summed E-state index contributed by atoms with van der Waals surface area (Å²) in [7, 11) is 1.43. The van der Waals surface area contributed by atoms with Crippen LogP contribution >= 0.6 is 0 Å². The summed E-state index contributed by atoms with van der Waals surface area (Å²) in [6.07, 6.45) is 5.79. The van der Waals surface area contributed by atoms with Gasteiger partial charge in [0.15, 0.2) is 11.5 Å². The summed E-state index contributed by atoms with van der Waals surface area (Å²) in [6, 6.07) is 18.7. The van der Waals surface area contributed by atoms with Crippen LogP contribution in [0.1, 0.15) is 65.3 Å². The first-order valence-electron chi connectivity index (χ1n) is 13.1. The number of carboxylic acids is 1. The first-order valence-corrected chi connectivity index (χ1v) is 13.1. The van der Waals surface area contributed by atoms with Gasteiger partial charge in [-0.15, -0.1) is 0 Å². The van der Waals surface area contributed by atoms with E-state index in [4.69, 9.17) is 14.2 Å². The smallest absolute Gasteiger partial charge is 0.343 e. The molecular formula is C31H35NO7. The fourth-order valence-electron chi connectivity index (χ4n) is 3.93. The summed E-state index contributed by atoms with van der Waals surface area (Å²) in [5.74, 6) is -1.06. The van der Waals surface area contributed by atoms with Crippen LogP contribution in [0.3, 0.4) is 0 Å². The highest BCUT2D eigenvalue weighted by Gasteiger charge is 2.22. The maximum atomic E-state index is 12.7. The van der Waals surface area contributed by atoms with E-state index < -0.39 is 23.9 Å². The van der Waals surface area contributed by atoms with Crippen molar-refractivity contribution in [1.29, 1.82) is 0 Å². The van der Waals surface area contributed by atoms with Crippen molar-refractivity contribution in [2.24, 2.45) is 0 Å². The lowest BCUT2D eigenvalue weighted by Gasteiger charge is -2.16. The summed E-state index contributed by atoms with van der Waals surface area (Å²) in [5, 5.41) is 12.2. The molecule has 0 aliphatic heterocycles. The Morgan fingerprint density at radius 1 is 0.846 bits per heavy atom. The summed E-state index contributed by atoms with van der Waals surface area (Å²) in [5.41, 5.74) is 1.31. The van der Waals surface area contributed by atoms with Gasteiger partial charge in [-0.2, -0.15) is 0 Å². The average Bonchev–Trinajstić information content (AvgIpc) is 2.95. The molecule has 8 heteroatoms. The van der Waals surface area contributed by atoms with Crippen molar-refractivity contribution < 1.29 is 33.7 Å². The Morgan fingerprint density at radius 3 is 2.23 bits per heavy atom. The van der Waals surface area contributed by atoms with Gasteiger partial charge in [-0.1, -0.05) is 56.9 Å². The molecule has 1 unspecified atom stereocenters. The number of carbonyl (C=O) groups is 3. The maximum absolute atomic E-state index is 12.7. The number of methoxy groups -OCH3 is 1. The van der Waals surface area contributed by atoms with Crippen LogP contribution in [-0.4, -0.2) is 42.7 Å². The number of carbonyl (C=O) groups excluding carboxylic acids is 2. The monoisotopic (exact) mass is 533 g/mol. The quantitative estimate of drug-likeness (QED) is 0.147. The molecule has 0 aromatic heterocycles. The van der Waals surface area contributed by atoms with E-state index in [1.807, 2.05) is 0 Å². The summed E-state index contributed by atoms with van der Waals surface area (Å²) < 4.78 is 16.7. The largest absolute Gasteiger partial charge is 0.494 e. The molecule has 1 amide bonds. The van der Waals surface area contributed by atoms with Gasteiger partial charge in [0.1, 0.15) is 11.8 Å². The number of benzene rings is 3. The van der Waals surface area contributed by atoms with Crippen molar-refractivity contribution in [3.05, 3.63) is 89.5 Å². The Balaban J connectivity index is 1.59. The van der Waals surface area contributed by atoms with Gasteiger partial charge in [0.05, 0.1) is 19.3 Å². The molecule has 1 atom stereocenters. The molecule has 206 valence electrons. The minimum Gasteiger partial charge on any atom is -0.494 e. The standard InChI is InChI=1S/C31H35NO7/c1-3-4-5-6-10-19-38-25-16-14-24(15-17-25)31(36)39-27-18-13-22(21-28(27)37-2)20-26(30(34)35)32-29(33)23-11-8-7-9-12-23/h7-9,11-18,21,26H,3-6,10,19-20H2,1-2H3,(H,32,33)(H,34,35). The minimum absolute atomic E-state index is 0.0125. The second-order valence-electron chi connectivity index (χ2n) is 9.10. The van der Waals surface area contributed by atoms with Crippen LogP contribution in [0.25, 0.3) is 0 Å². The van der Waals surface area contributed by atoms with Crippen molar-refractivity contribution in [3.63, 3.8) is 0 Å². The van der Waals surface area contributed by atoms with E-state index in [9.17, 15) is 19.5 Å². The SMILES string of the molecule is CCCCCCCOc1ccc(C(=O)Oc2ccc(CC(NC(=O)c3ccccc3)C(=O)O)cc2OC)cc1. The third-order valence-electron chi connectivity index (χ3n) is 6.12. The van der Waals surface area contributed by atoms with Gasteiger partial charge >= 0.3 is 11.9 Å². The molecule has 0 aliphatic rings. The number of hydrogen-bond donors (Lipinski definition) is 2. The lowest BCUT2D eigenvalue weighted by atomic mass is 10.0. The zero-order chi connectivity index (χ0) is 28.0. The van der Waals surface area contributed by atoms with Crippen molar-refractivity contribution >= 4 is 17.8 Å². The van der Waals surface area contributed by atoms with Crippen LogP contribution in [0.15, 0.2) is 72.8 Å². The molecule has 3 aromatic rings. The molecule has 3 aromatic carbocycles. The first kappa shape index (κ1) is 29.2. The van der Waals surface area contributed by atoms with E-state index in [1.165, 1.54) is 26.4 Å². The van der Waals surface area contributed by atoms with Gasteiger partial charge in [0.25, 0.3) is 5.91 Å². The Bertz CT molecular complexity index is 1230. The number of rotatable bonds is 15. The summed E-state index contributed by atoms with van der Waals surface area (Å²) in [4.78, 5) is 37.0. The number of ether oxygens (including phenoxy) is 3. The molecule has 0 saturated carbocycles. The lowest BCUT2D eigenvalue weighted by molar-refractivity contribution is -0.139. The van der Waals surface area contributed by atoms with Crippen molar-refractivity contribution in [1.82, 2.24) is 5.32 Å². The predicted octanol–water partition coefficient (Wildman–Crippen LogP) is 5.69. The predicted molar refractivity (Wildman–Crippen MR) is 148 cm³/mol. The van der Waals surface area contributed by atoms with Crippen LogP contribution < -0.4 is 19.5 Å². The highest BCUT2D eigenvalue weighted by Crippen LogP contribution is 2.29. The number of nitrogens with one attached hydrogen (secondary N) is 1. The van der Waals surface area contributed by atoms with Crippen molar-refractivity contribution in [3.8, 4) is 17.2 Å². The van der Waals surface area contributed by atoms with Crippen LogP contribution in [0.2, 0.25) is 0 Å². The normalized spacial score (nSPS) is 11.3. The zero-order valence-electron chi connectivity index (χ0n) is 22.4. The Kier molecular flexibility index (Phi) is 11.4. The maximum Gasteiger partial charge on any atom is 0.343 e. The van der Waals surface area contributed by atoms with E-state index in [0.29, 0.717) is 29.0 Å². The Labute approximate surface area is 228 Å². The van der Waals surface area contributed by atoms with Crippen molar-refractivity contribution in [2.45, 2.75) is 51.5 Å². The van der Waals surface area contributed by atoms with Crippen molar-refractivity contribution in [2.75, 3.05) is 13.7 Å². The molecule has 8 nitrogen and oxygen atoms in total. The lowest BCUT2D eigenvalue weighted by Crippen LogP contribution is -2.42. The molecule has 3 rings (SSSR count). The third-order valence-corrected chi connectivity index (χ3v) is 6.12. The van der Waals surface area contributed by atoms with Crippen LogP contribution in [-0.2, 0) is 11.2 Å². The fourth-order valence-corrected chi connectivity index (χ4v) is 3.93. The number of aliphatic carboxylic acids is 1. The van der Waals surface area contributed by atoms with Gasteiger partial charge in [0, 0.05) is 12.0 Å². The van der Waals surface area contributed by atoms with E-state index in [2.05, 4.69) is 12.2 Å². The Morgan fingerprint density at radius 2 is 1.56 bits per heavy atom. The molecule has 2 N–H and O–H groups in total. The number of esters is 1. The summed E-state index contributed by atoms with van der Waals surface area (Å²) >= 11 is 0. The van der Waals surface area contributed by atoms with Gasteiger partial charge < -0.3 is 24.6 Å². The topological polar surface area (TPSA) is 111 Å². The van der Waals surface area contributed by atoms with E-state index in [0.717, 1.165) is 12.8 Å². The molecule has 39 heavy (non-hydrogen) atoms. The first-order chi connectivity index (χ1) is 18.9. The van der Waals surface area contributed by atoms with Crippen LogP contribution in [0, 0.1) is 0 Å². The molecule has 0 bridgehead atoms. The third kappa shape index (κ3) is 9.17. The molecule has 0 fully saturated rings. The molecule has 0 radical (unpaired) electrons. The molecule has 0 heterocycles.